The van der Waals surface area contributed by atoms with E-state index in [1.54, 1.807) is 24.3 Å². The van der Waals surface area contributed by atoms with E-state index in [2.05, 4.69) is 10.6 Å². The minimum atomic E-state index is -0.930. The van der Waals surface area contributed by atoms with Gasteiger partial charge in [0.1, 0.15) is 23.5 Å². The van der Waals surface area contributed by atoms with Crippen LogP contribution in [0.2, 0.25) is 0 Å². The van der Waals surface area contributed by atoms with Crippen LogP contribution in [0, 0.1) is 23.0 Å². The topological polar surface area (TPSA) is 91.2 Å². The quantitative estimate of drug-likeness (QED) is 0.551. The average molecular weight is 435 g/mol. The minimum absolute atomic E-state index is 0.110. The predicted octanol–water partition coefficient (Wildman–Crippen LogP) is 3.91. The van der Waals surface area contributed by atoms with Crippen molar-refractivity contribution in [1.29, 1.82) is 5.26 Å². The van der Waals surface area contributed by atoms with E-state index in [0.29, 0.717) is 22.6 Å². The van der Waals surface area contributed by atoms with Crippen LogP contribution >= 0.6 is 0 Å². The standard InChI is InChI=1S/C24H19F2N3O3/c25-18-5-1-3-16(13-18)14-22(17-4-2-6-19(26)15-17)29-24(31)23(30)28-20-7-9-21(10-8-20)32-12-11-27/h1-10,13,15,22H,12,14H2,(H,28,30)(H,29,31)/t22-/m0/s1. The van der Waals surface area contributed by atoms with Crippen LogP contribution < -0.4 is 15.4 Å². The van der Waals surface area contributed by atoms with Crippen LogP contribution in [0.1, 0.15) is 17.2 Å². The molecule has 0 aromatic heterocycles. The molecule has 162 valence electrons. The molecule has 3 aromatic rings. The van der Waals surface area contributed by atoms with E-state index in [0.717, 1.165) is 0 Å². The molecule has 1 atom stereocenters. The van der Waals surface area contributed by atoms with Crippen LogP contribution in [0.3, 0.4) is 0 Å². The minimum Gasteiger partial charge on any atom is -0.479 e. The molecule has 0 aliphatic carbocycles. The van der Waals surface area contributed by atoms with Crippen LogP contribution in [0.5, 0.6) is 5.75 Å². The molecule has 2 amide bonds. The molecular formula is C24H19F2N3O3. The molecule has 3 rings (SSSR count). The summed E-state index contributed by atoms with van der Waals surface area (Å²) in [6, 6.07) is 18.7. The van der Waals surface area contributed by atoms with Crippen LogP contribution in [-0.2, 0) is 16.0 Å². The first-order chi connectivity index (χ1) is 15.4. The van der Waals surface area contributed by atoms with Gasteiger partial charge in [-0.05, 0) is 66.1 Å². The summed E-state index contributed by atoms with van der Waals surface area (Å²) in [7, 11) is 0. The number of hydrogen-bond donors (Lipinski definition) is 2. The van der Waals surface area contributed by atoms with Gasteiger partial charge in [-0.25, -0.2) is 8.78 Å². The van der Waals surface area contributed by atoms with Gasteiger partial charge in [-0.1, -0.05) is 24.3 Å². The molecule has 0 aliphatic heterocycles. The van der Waals surface area contributed by atoms with Gasteiger partial charge in [0.05, 0.1) is 6.04 Å². The Hall–Kier alpha value is -4.25. The fourth-order valence-corrected chi connectivity index (χ4v) is 3.04. The van der Waals surface area contributed by atoms with Crippen LogP contribution in [0.25, 0.3) is 0 Å². The van der Waals surface area contributed by atoms with Gasteiger partial charge in [0, 0.05) is 5.69 Å². The number of hydrogen-bond acceptors (Lipinski definition) is 4. The Balaban J connectivity index is 1.71. The summed E-state index contributed by atoms with van der Waals surface area (Å²) in [5.74, 6) is -2.34. The third-order valence-corrected chi connectivity index (χ3v) is 4.51. The Labute approximate surface area is 183 Å². The molecule has 0 saturated heterocycles. The van der Waals surface area contributed by atoms with Crippen molar-refractivity contribution in [1.82, 2.24) is 5.32 Å². The lowest BCUT2D eigenvalue weighted by atomic mass is 9.98. The van der Waals surface area contributed by atoms with Gasteiger partial charge in [0.15, 0.2) is 6.61 Å². The van der Waals surface area contributed by atoms with E-state index in [9.17, 15) is 18.4 Å². The smallest absolute Gasteiger partial charge is 0.313 e. The zero-order valence-electron chi connectivity index (χ0n) is 16.8. The summed E-state index contributed by atoms with van der Waals surface area (Å²) in [6.07, 6.45) is 0.158. The Morgan fingerprint density at radius 1 is 0.938 bits per heavy atom. The fraction of sp³-hybridized carbons (Fsp3) is 0.125. The van der Waals surface area contributed by atoms with Crippen molar-refractivity contribution in [3.05, 3.63) is 95.6 Å². The van der Waals surface area contributed by atoms with Crippen molar-refractivity contribution >= 4 is 17.5 Å². The van der Waals surface area contributed by atoms with Crippen molar-refractivity contribution in [2.45, 2.75) is 12.5 Å². The fourth-order valence-electron chi connectivity index (χ4n) is 3.04. The summed E-state index contributed by atoms with van der Waals surface area (Å²) >= 11 is 0. The molecule has 0 aliphatic rings. The Morgan fingerprint density at radius 3 is 2.28 bits per heavy atom. The summed E-state index contributed by atoms with van der Waals surface area (Å²) in [6.45, 7) is -0.110. The lowest BCUT2D eigenvalue weighted by molar-refractivity contribution is -0.136. The van der Waals surface area contributed by atoms with Crippen molar-refractivity contribution < 1.29 is 23.1 Å². The van der Waals surface area contributed by atoms with Crippen molar-refractivity contribution in [3.8, 4) is 11.8 Å². The molecule has 3 aromatic carbocycles. The van der Waals surface area contributed by atoms with Crippen LogP contribution in [0.15, 0.2) is 72.8 Å². The van der Waals surface area contributed by atoms with Gasteiger partial charge in [-0.15, -0.1) is 0 Å². The Morgan fingerprint density at radius 2 is 1.62 bits per heavy atom. The van der Waals surface area contributed by atoms with Crippen LogP contribution in [0.4, 0.5) is 14.5 Å². The van der Waals surface area contributed by atoms with E-state index in [-0.39, 0.29) is 13.0 Å². The second-order valence-electron chi connectivity index (χ2n) is 6.84. The lowest BCUT2D eigenvalue weighted by Gasteiger charge is -2.19. The summed E-state index contributed by atoms with van der Waals surface area (Å²) in [5.41, 5.74) is 1.37. The van der Waals surface area contributed by atoms with Gasteiger partial charge < -0.3 is 15.4 Å². The van der Waals surface area contributed by atoms with Gasteiger partial charge >= 0.3 is 11.8 Å². The van der Waals surface area contributed by atoms with Gasteiger partial charge in [0.2, 0.25) is 0 Å². The number of ether oxygens (including phenoxy) is 1. The number of halogens is 2. The number of nitrogens with zero attached hydrogens (tertiary/aromatic N) is 1. The highest BCUT2D eigenvalue weighted by atomic mass is 19.1. The number of carbonyl (C=O) groups is 2. The highest BCUT2D eigenvalue weighted by Gasteiger charge is 2.21. The van der Waals surface area contributed by atoms with E-state index >= 15 is 0 Å². The normalized spacial score (nSPS) is 11.2. The monoisotopic (exact) mass is 435 g/mol. The van der Waals surface area contributed by atoms with Crippen LogP contribution in [-0.4, -0.2) is 18.4 Å². The average Bonchev–Trinajstić information content (AvgIpc) is 2.78. The molecule has 0 heterocycles. The summed E-state index contributed by atoms with van der Waals surface area (Å²) in [4.78, 5) is 24.9. The number of anilines is 1. The number of rotatable bonds is 7. The molecule has 0 fully saturated rings. The zero-order valence-corrected chi connectivity index (χ0v) is 16.8. The summed E-state index contributed by atoms with van der Waals surface area (Å²) in [5, 5.41) is 13.6. The molecule has 8 heteroatoms. The third kappa shape index (κ3) is 6.37. The molecule has 32 heavy (non-hydrogen) atoms. The second kappa shape index (κ2) is 10.7. The molecule has 0 unspecified atom stereocenters. The van der Waals surface area contributed by atoms with Gasteiger partial charge in [-0.3, -0.25) is 9.59 Å². The van der Waals surface area contributed by atoms with E-state index < -0.39 is 29.5 Å². The van der Waals surface area contributed by atoms with E-state index in [4.69, 9.17) is 10.00 Å². The number of nitriles is 1. The number of carbonyl (C=O) groups excluding carboxylic acids is 2. The van der Waals surface area contributed by atoms with Crippen molar-refractivity contribution in [2.75, 3.05) is 11.9 Å². The summed E-state index contributed by atoms with van der Waals surface area (Å²) < 4.78 is 32.5. The molecule has 6 nitrogen and oxygen atoms in total. The number of benzene rings is 3. The van der Waals surface area contributed by atoms with Crippen molar-refractivity contribution in [3.63, 3.8) is 0 Å². The maximum absolute atomic E-state index is 13.7. The highest BCUT2D eigenvalue weighted by Crippen LogP contribution is 2.21. The Kier molecular flexibility index (Phi) is 7.49. The zero-order chi connectivity index (χ0) is 22.9. The second-order valence-corrected chi connectivity index (χ2v) is 6.84. The molecule has 0 spiro atoms. The first kappa shape index (κ1) is 22.4. The first-order valence-electron chi connectivity index (χ1n) is 9.66. The third-order valence-electron chi connectivity index (χ3n) is 4.51. The van der Waals surface area contributed by atoms with Crippen molar-refractivity contribution in [2.24, 2.45) is 0 Å². The van der Waals surface area contributed by atoms with E-state index in [1.165, 1.54) is 48.5 Å². The largest absolute Gasteiger partial charge is 0.479 e. The SMILES string of the molecule is N#CCOc1ccc(NC(=O)C(=O)N[C@@H](Cc2cccc(F)c2)c2cccc(F)c2)cc1. The molecule has 0 bridgehead atoms. The maximum Gasteiger partial charge on any atom is 0.313 e. The maximum atomic E-state index is 13.7. The molecular weight excluding hydrogens is 416 g/mol. The highest BCUT2D eigenvalue weighted by molar-refractivity contribution is 6.39. The molecule has 0 radical (unpaired) electrons. The lowest BCUT2D eigenvalue weighted by Crippen LogP contribution is -2.38. The molecule has 2 N–H and O–H groups in total. The Bertz CT molecular complexity index is 1140. The first-order valence-corrected chi connectivity index (χ1v) is 9.66. The number of nitrogens with one attached hydrogen (secondary N) is 2. The van der Waals surface area contributed by atoms with Gasteiger partial charge in [0.25, 0.3) is 0 Å². The molecule has 0 saturated carbocycles. The number of amides is 2. The van der Waals surface area contributed by atoms with E-state index in [1.807, 2.05) is 6.07 Å². The van der Waals surface area contributed by atoms with Gasteiger partial charge in [-0.2, -0.15) is 5.26 Å². The predicted molar refractivity (Wildman–Crippen MR) is 114 cm³/mol.